The molecular weight excluding hydrogens is 524 g/mol. The molecule has 0 heterocycles. The maximum absolute atomic E-state index is 11.2. The highest BCUT2D eigenvalue weighted by atomic mass is 14.8. The monoisotopic (exact) mass is 568 g/mol. The third-order valence-electron chi connectivity index (χ3n) is 16.1. The van der Waals surface area contributed by atoms with Crippen molar-refractivity contribution in [2.24, 2.45) is 93.7 Å². The van der Waals surface area contributed by atoms with Crippen molar-refractivity contribution in [2.75, 3.05) is 0 Å². The fraction of sp³-hybridized carbons (Fsp3) is 0.795. The van der Waals surface area contributed by atoms with Crippen molar-refractivity contribution in [3.05, 3.63) is 22.3 Å². The van der Waals surface area contributed by atoms with E-state index in [9.17, 15) is 21.0 Å². The lowest BCUT2D eigenvalue weighted by Gasteiger charge is -2.65. The van der Waals surface area contributed by atoms with E-state index < -0.39 is 16.7 Å². The summed E-state index contributed by atoms with van der Waals surface area (Å²) in [5.41, 5.74) is 4.65. The molecule has 13 rings (SSSR count). The molecule has 220 valence electrons. The molecule has 0 radical (unpaired) electrons. The van der Waals surface area contributed by atoms with Crippen molar-refractivity contribution in [1.82, 2.24) is 0 Å². The van der Waals surface area contributed by atoms with E-state index in [-0.39, 0.29) is 17.8 Å². The van der Waals surface area contributed by atoms with Crippen molar-refractivity contribution >= 4 is 0 Å². The van der Waals surface area contributed by atoms with Crippen LogP contribution in [-0.4, -0.2) is 0 Å². The molecule has 4 nitrogen and oxygen atoms in total. The summed E-state index contributed by atoms with van der Waals surface area (Å²) < 4.78 is 0. The Morgan fingerprint density at radius 3 is 1.12 bits per heavy atom. The second-order valence-corrected chi connectivity index (χ2v) is 17.7. The molecule has 0 aromatic rings. The summed E-state index contributed by atoms with van der Waals surface area (Å²) in [6, 6.07) is 9.69. The van der Waals surface area contributed by atoms with Crippen LogP contribution in [-0.2, 0) is 0 Å². The molecule has 13 aliphatic rings. The van der Waals surface area contributed by atoms with E-state index in [0.717, 1.165) is 49.4 Å². The Labute approximate surface area is 257 Å². The summed E-state index contributed by atoms with van der Waals surface area (Å²) in [6.45, 7) is 0. The second-order valence-electron chi connectivity index (χ2n) is 17.7. The minimum Gasteiger partial charge on any atom is -0.197 e. The lowest BCUT2D eigenvalue weighted by Crippen LogP contribution is -2.63. The van der Waals surface area contributed by atoms with Crippen molar-refractivity contribution in [2.45, 2.75) is 96.3 Å². The molecule has 13 aliphatic carbocycles. The van der Waals surface area contributed by atoms with E-state index in [4.69, 9.17) is 0 Å². The Morgan fingerprint density at radius 1 is 0.488 bits per heavy atom. The first kappa shape index (κ1) is 25.7. The van der Waals surface area contributed by atoms with Crippen LogP contribution in [0.1, 0.15) is 96.3 Å². The Balaban J connectivity index is 1.24. The highest BCUT2D eigenvalue weighted by Crippen LogP contribution is 2.80. The van der Waals surface area contributed by atoms with Gasteiger partial charge in [0.25, 0.3) is 0 Å². The zero-order chi connectivity index (χ0) is 28.8. The van der Waals surface area contributed by atoms with Gasteiger partial charge in [-0.05, 0) is 178 Å². The Hall–Kier alpha value is -2.56. The molecule has 0 atom stereocenters. The molecule has 0 aromatic heterocycles. The first-order valence-corrected chi connectivity index (χ1v) is 18.1. The van der Waals surface area contributed by atoms with Crippen LogP contribution in [0.15, 0.2) is 22.3 Å². The maximum atomic E-state index is 11.2. The van der Waals surface area contributed by atoms with Gasteiger partial charge in [0.15, 0.2) is 11.3 Å². The van der Waals surface area contributed by atoms with Crippen LogP contribution in [0.3, 0.4) is 0 Å². The lowest BCUT2D eigenvalue weighted by molar-refractivity contribution is -0.161. The fourth-order valence-electron chi connectivity index (χ4n) is 15.7. The van der Waals surface area contributed by atoms with Crippen molar-refractivity contribution in [3.8, 4) is 24.3 Å². The number of nitrogens with zero attached hydrogens (tertiary/aromatic N) is 4. The predicted octanol–water partition coefficient (Wildman–Crippen LogP) is 8.26. The molecule has 12 bridgehead atoms. The van der Waals surface area contributed by atoms with Gasteiger partial charge in [-0.3, -0.25) is 0 Å². The zero-order valence-corrected chi connectivity index (χ0v) is 25.5. The SMILES string of the molecule is N#CC(C#N)C(C#N)(C#N)C1(C2C(=C3C4CC5CC(C4)CC3C5)C2=C2C3CC4CC(C3)CC2C4)C2CC3CC(C2)CC1C3. The van der Waals surface area contributed by atoms with Gasteiger partial charge < -0.3 is 0 Å². The lowest BCUT2D eigenvalue weighted by atomic mass is 9.36. The number of hydrogen-bond acceptors (Lipinski definition) is 4. The smallest absolute Gasteiger partial charge is 0.179 e. The molecule has 0 spiro atoms. The Morgan fingerprint density at radius 2 is 0.814 bits per heavy atom. The molecule has 0 aromatic carbocycles. The van der Waals surface area contributed by atoms with Gasteiger partial charge in [0.2, 0.25) is 0 Å². The summed E-state index contributed by atoms with van der Waals surface area (Å²) in [5.74, 6) is 7.26. The number of rotatable bonds is 3. The van der Waals surface area contributed by atoms with E-state index in [0.29, 0.717) is 35.5 Å². The molecule has 0 unspecified atom stereocenters. The zero-order valence-electron chi connectivity index (χ0n) is 25.5. The highest BCUT2D eigenvalue weighted by molar-refractivity contribution is 5.67. The van der Waals surface area contributed by atoms with Gasteiger partial charge in [-0.2, -0.15) is 21.0 Å². The minimum atomic E-state index is -1.57. The summed E-state index contributed by atoms with van der Waals surface area (Å²) in [4.78, 5) is 0. The first-order valence-electron chi connectivity index (χ1n) is 18.1. The van der Waals surface area contributed by atoms with Gasteiger partial charge in [0.1, 0.15) is 0 Å². The molecule has 0 saturated heterocycles. The van der Waals surface area contributed by atoms with Crippen molar-refractivity contribution < 1.29 is 0 Å². The van der Waals surface area contributed by atoms with Crippen LogP contribution in [0, 0.1) is 139 Å². The molecule has 0 aliphatic heterocycles. The standard InChI is InChI=1S/C39H44N4/c40-16-32(17-41)38(18-42,19-43)39(30-12-24-3-25(14-30)15-31(39)13-24)37-35(33-26-4-20-1-21(6-26)7-27(33)5-20)36(37)34-28-8-22-2-23(10-28)11-29(34)9-22/h20-32,37H,1-15H2. The number of hydrogen-bond donors (Lipinski definition) is 0. The minimum absolute atomic E-state index is 0.144. The van der Waals surface area contributed by atoms with E-state index in [1.807, 2.05) is 0 Å². The maximum Gasteiger partial charge on any atom is 0.179 e. The predicted molar refractivity (Wildman–Crippen MR) is 159 cm³/mol. The molecule has 0 N–H and O–H groups in total. The first-order chi connectivity index (χ1) is 21.0. The van der Waals surface area contributed by atoms with Gasteiger partial charge in [0, 0.05) is 11.3 Å². The van der Waals surface area contributed by atoms with E-state index in [1.54, 1.807) is 22.3 Å². The van der Waals surface area contributed by atoms with E-state index >= 15 is 0 Å². The van der Waals surface area contributed by atoms with Crippen LogP contribution in [0.5, 0.6) is 0 Å². The second kappa shape index (κ2) is 8.57. The van der Waals surface area contributed by atoms with Gasteiger partial charge in [-0.1, -0.05) is 11.1 Å². The fourth-order valence-corrected chi connectivity index (χ4v) is 15.7. The van der Waals surface area contributed by atoms with Crippen LogP contribution in [0.4, 0.5) is 0 Å². The highest BCUT2D eigenvalue weighted by Gasteiger charge is 2.77. The van der Waals surface area contributed by atoms with Gasteiger partial charge in [-0.25, -0.2) is 0 Å². The van der Waals surface area contributed by atoms with Gasteiger partial charge >= 0.3 is 0 Å². The van der Waals surface area contributed by atoms with Gasteiger partial charge in [-0.15, -0.1) is 0 Å². The molecule has 4 heteroatoms. The van der Waals surface area contributed by atoms with Gasteiger partial charge in [0.05, 0.1) is 24.3 Å². The average Bonchev–Trinajstić information content (AvgIpc) is 3.69. The number of allylic oxidation sites excluding steroid dienone is 4. The molecular formula is C39H44N4. The third kappa shape index (κ3) is 3.06. The van der Waals surface area contributed by atoms with E-state index in [1.165, 1.54) is 70.6 Å². The van der Waals surface area contributed by atoms with Crippen LogP contribution in [0.25, 0.3) is 0 Å². The Kier molecular flexibility index (Phi) is 5.13. The van der Waals surface area contributed by atoms with Crippen molar-refractivity contribution in [3.63, 3.8) is 0 Å². The van der Waals surface area contributed by atoms with Crippen LogP contribution < -0.4 is 0 Å². The summed E-state index contributed by atoms with van der Waals surface area (Å²) >= 11 is 0. The average molecular weight is 569 g/mol. The molecule has 43 heavy (non-hydrogen) atoms. The van der Waals surface area contributed by atoms with Crippen LogP contribution in [0.2, 0.25) is 0 Å². The Bertz CT molecular complexity index is 1360. The molecule has 0 amide bonds. The third-order valence-corrected chi connectivity index (χ3v) is 16.1. The quantitative estimate of drug-likeness (QED) is 0.342. The van der Waals surface area contributed by atoms with Crippen molar-refractivity contribution in [1.29, 1.82) is 21.0 Å². The normalized spacial score (nSPS) is 51.0. The van der Waals surface area contributed by atoms with E-state index in [2.05, 4.69) is 24.3 Å². The summed E-state index contributed by atoms with van der Waals surface area (Å²) in [5, 5.41) is 43.4. The number of nitriles is 4. The largest absolute Gasteiger partial charge is 0.197 e. The van der Waals surface area contributed by atoms with Crippen LogP contribution >= 0.6 is 0 Å². The summed E-state index contributed by atoms with van der Waals surface area (Å²) in [6.07, 6.45) is 19.4. The summed E-state index contributed by atoms with van der Waals surface area (Å²) in [7, 11) is 0. The topological polar surface area (TPSA) is 95.2 Å². The molecule has 13 fully saturated rings. The molecule has 13 saturated carbocycles.